The second-order valence-corrected chi connectivity index (χ2v) is 9.09. The normalized spacial score (nSPS) is 13.2. The van der Waals surface area contributed by atoms with E-state index in [1.54, 1.807) is 0 Å². The highest BCUT2D eigenvalue weighted by Crippen LogP contribution is 2.29. The lowest BCUT2D eigenvalue weighted by Gasteiger charge is -2.28. The van der Waals surface area contributed by atoms with Crippen molar-refractivity contribution in [2.45, 2.75) is 58.3 Å². The topological polar surface area (TPSA) is 104 Å². The Labute approximate surface area is 205 Å². The summed E-state index contributed by atoms with van der Waals surface area (Å²) in [6.07, 6.45) is 3.68. The van der Waals surface area contributed by atoms with E-state index in [1.165, 1.54) is 9.47 Å². The maximum absolute atomic E-state index is 13.8. The first-order valence-electron chi connectivity index (χ1n) is 12.2. The van der Waals surface area contributed by atoms with Crippen LogP contribution in [0.1, 0.15) is 43.7 Å². The fourth-order valence-corrected chi connectivity index (χ4v) is 4.27. The van der Waals surface area contributed by atoms with Gasteiger partial charge in [-0.25, -0.2) is 4.79 Å². The van der Waals surface area contributed by atoms with Crippen molar-refractivity contribution in [3.05, 3.63) is 92.6 Å². The second kappa shape index (κ2) is 11.2. The van der Waals surface area contributed by atoms with Crippen LogP contribution in [0.15, 0.2) is 70.3 Å². The van der Waals surface area contributed by atoms with Crippen LogP contribution in [0.4, 0.5) is 11.5 Å². The van der Waals surface area contributed by atoms with E-state index in [4.69, 9.17) is 5.73 Å². The molecule has 2 aromatic carbocycles. The van der Waals surface area contributed by atoms with Gasteiger partial charge in [0.25, 0.3) is 5.56 Å². The molecular weight excluding hydrogens is 442 g/mol. The third-order valence-electron chi connectivity index (χ3n) is 6.33. The molecule has 1 fully saturated rings. The standard InChI is InChI=1S/C27H33N5O3/c1-2-3-16-31-25(28)24(26(34)29-27(31)35)32(18-21-12-8-5-9-13-21)23(33)19-30(22-14-15-22)17-20-10-6-4-7-11-20/h4-13,22H,2-3,14-19,28H2,1H3,(H,29,34,35). The van der Waals surface area contributed by atoms with Gasteiger partial charge < -0.3 is 5.73 Å². The van der Waals surface area contributed by atoms with Crippen LogP contribution >= 0.6 is 0 Å². The van der Waals surface area contributed by atoms with Gasteiger partial charge in [0, 0.05) is 19.1 Å². The van der Waals surface area contributed by atoms with Crippen LogP contribution in [0, 0.1) is 0 Å². The Morgan fingerprint density at radius 2 is 1.60 bits per heavy atom. The molecule has 1 aliphatic rings. The Bertz CT molecular complexity index is 1250. The quantitative estimate of drug-likeness (QED) is 0.443. The van der Waals surface area contributed by atoms with Crippen LogP contribution in [0.3, 0.4) is 0 Å². The van der Waals surface area contributed by atoms with Gasteiger partial charge in [0.2, 0.25) is 5.91 Å². The zero-order valence-electron chi connectivity index (χ0n) is 20.2. The van der Waals surface area contributed by atoms with Crippen LogP contribution in [-0.2, 0) is 24.4 Å². The summed E-state index contributed by atoms with van der Waals surface area (Å²) in [4.78, 5) is 45.2. The van der Waals surface area contributed by atoms with Crippen LogP contribution < -0.4 is 21.9 Å². The number of aromatic nitrogens is 2. The zero-order chi connectivity index (χ0) is 24.8. The van der Waals surface area contributed by atoms with Gasteiger partial charge in [-0.3, -0.25) is 28.9 Å². The minimum atomic E-state index is -0.648. The van der Waals surface area contributed by atoms with Crippen LogP contribution in [0.5, 0.6) is 0 Å². The SMILES string of the molecule is CCCCn1c(N)c(N(Cc2ccccc2)C(=O)CN(Cc2ccccc2)C2CC2)c(=O)[nH]c1=O. The molecule has 184 valence electrons. The summed E-state index contributed by atoms with van der Waals surface area (Å²) in [7, 11) is 0. The molecule has 1 heterocycles. The van der Waals surface area contributed by atoms with Gasteiger partial charge in [-0.05, 0) is 30.4 Å². The van der Waals surface area contributed by atoms with Crippen LogP contribution in [-0.4, -0.2) is 32.9 Å². The number of amides is 1. The number of hydrogen-bond donors (Lipinski definition) is 2. The first-order chi connectivity index (χ1) is 17.0. The van der Waals surface area contributed by atoms with Gasteiger partial charge in [-0.15, -0.1) is 0 Å². The van der Waals surface area contributed by atoms with Crippen molar-refractivity contribution in [2.24, 2.45) is 0 Å². The molecule has 3 aromatic rings. The van der Waals surface area contributed by atoms with E-state index in [2.05, 4.69) is 9.88 Å². The first-order valence-corrected chi connectivity index (χ1v) is 12.2. The summed E-state index contributed by atoms with van der Waals surface area (Å²) in [5, 5.41) is 0. The number of carbonyl (C=O) groups excluding carboxylic acids is 1. The number of unbranched alkanes of at least 4 members (excludes halogenated alkanes) is 1. The molecule has 8 nitrogen and oxygen atoms in total. The fourth-order valence-electron chi connectivity index (χ4n) is 4.27. The molecule has 1 saturated carbocycles. The Balaban J connectivity index is 1.68. The summed E-state index contributed by atoms with van der Waals surface area (Å²) in [5.41, 5.74) is 7.21. The highest BCUT2D eigenvalue weighted by molar-refractivity contribution is 5.96. The lowest BCUT2D eigenvalue weighted by Crippen LogP contribution is -2.45. The number of anilines is 2. The monoisotopic (exact) mass is 475 g/mol. The minimum Gasteiger partial charge on any atom is -0.383 e. The summed E-state index contributed by atoms with van der Waals surface area (Å²) in [6, 6.07) is 19.9. The molecule has 8 heteroatoms. The molecule has 0 saturated heterocycles. The molecule has 3 N–H and O–H groups in total. The molecular formula is C27H33N5O3. The number of hydrogen-bond acceptors (Lipinski definition) is 5. The molecule has 0 unspecified atom stereocenters. The van der Waals surface area contributed by atoms with Gasteiger partial charge in [0.1, 0.15) is 5.82 Å². The van der Waals surface area contributed by atoms with E-state index < -0.39 is 11.2 Å². The summed E-state index contributed by atoms with van der Waals surface area (Å²) >= 11 is 0. The molecule has 35 heavy (non-hydrogen) atoms. The maximum Gasteiger partial charge on any atom is 0.330 e. The number of carbonyl (C=O) groups is 1. The average molecular weight is 476 g/mol. The molecule has 0 spiro atoms. The Morgan fingerprint density at radius 3 is 2.17 bits per heavy atom. The summed E-state index contributed by atoms with van der Waals surface area (Å²) < 4.78 is 1.36. The highest BCUT2D eigenvalue weighted by Gasteiger charge is 2.33. The van der Waals surface area contributed by atoms with Gasteiger partial charge in [0.05, 0.1) is 13.1 Å². The molecule has 0 atom stereocenters. The van der Waals surface area contributed by atoms with Crippen molar-refractivity contribution < 1.29 is 4.79 Å². The third kappa shape index (κ3) is 6.08. The minimum absolute atomic E-state index is 0.0255. The zero-order valence-corrected chi connectivity index (χ0v) is 20.2. The Kier molecular flexibility index (Phi) is 7.82. The number of nitrogens with two attached hydrogens (primary N) is 1. The van der Waals surface area contributed by atoms with Gasteiger partial charge >= 0.3 is 5.69 Å². The van der Waals surface area contributed by atoms with Crippen molar-refractivity contribution in [3.63, 3.8) is 0 Å². The van der Waals surface area contributed by atoms with Crippen molar-refractivity contribution in [1.82, 2.24) is 14.5 Å². The molecule has 4 rings (SSSR count). The number of aromatic amines is 1. The Morgan fingerprint density at radius 1 is 1.00 bits per heavy atom. The molecule has 0 bridgehead atoms. The molecule has 0 radical (unpaired) electrons. The number of nitrogen functional groups attached to an aromatic ring is 1. The largest absolute Gasteiger partial charge is 0.383 e. The predicted molar refractivity (Wildman–Crippen MR) is 138 cm³/mol. The smallest absolute Gasteiger partial charge is 0.330 e. The highest BCUT2D eigenvalue weighted by atomic mass is 16.2. The predicted octanol–water partition coefficient (Wildman–Crippen LogP) is 3.12. The van der Waals surface area contributed by atoms with E-state index in [0.717, 1.165) is 36.8 Å². The third-order valence-corrected chi connectivity index (χ3v) is 6.33. The van der Waals surface area contributed by atoms with Gasteiger partial charge in [-0.1, -0.05) is 74.0 Å². The Hall–Kier alpha value is -3.65. The number of rotatable bonds is 11. The van der Waals surface area contributed by atoms with Crippen LogP contribution in [0.25, 0.3) is 0 Å². The summed E-state index contributed by atoms with van der Waals surface area (Å²) in [5.74, 6) is -0.202. The average Bonchev–Trinajstić information content (AvgIpc) is 3.70. The molecule has 1 aromatic heterocycles. The molecule has 1 amide bonds. The second-order valence-electron chi connectivity index (χ2n) is 9.09. The van der Waals surface area contributed by atoms with Crippen LogP contribution in [0.2, 0.25) is 0 Å². The first kappa shape index (κ1) is 24.5. The van der Waals surface area contributed by atoms with Crippen molar-refractivity contribution >= 4 is 17.4 Å². The van der Waals surface area contributed by atoms with Gasteiger partial charge in [-0.2, -0.15) is 0 Å². The summed E-state index contributed by atoms with van der Waals surface area (Å²) in [6.45, 7) is 3.37. The van der Waals surface area contributed by atoms with E-state index in [1.807, 2.05) is 67.6 Å². The van der Waals surface area contributed by atoms with E-state index in [-0.39, 0.29) is 30.5 Å². The lowest BCUT2D eigenvalue weighted by molar-refractivity contribution is -0.120. The lowest BCUT2D eigenvalue weighted by atomic mass is 10.2. The van der Waals surface area contributed by atoms with Crippen molar-refractivity contribution in [3.8, 4) is 0 Å². The fraction of sp³-hybridized carbons (Fsp3) is 0.370. The molecule has 0 aliphatic heterocycles. The van der Waals surface area contributed by atoms with E-state index >= 15 is 0 Å². The number of benzene rings is 2. The number of nitrogens with zero attached hydrogens (tertiary/aromatic N) is 3. The maximum atomic E-state index is 13.8. The number of nitrogens with one attached hydrogen (secondary N) is 1. The molecule has 1 aliphatic carbocycles. The van der Waals surface area contributed by atoms with Crippen molar-refractivity contribution in [1.29, 1.82) is 0 Å². The van der Waals surface area contributed by atoms with Gasteiger partial charge in [0.15, 0.2) is 5.69 Å². The van der Waals surface area contributed by atoms with Crippen molar-refractivity contribution in [2.75, 3.05) is 17.2 Å². The van der Waals surface area contributed by atoms with E-state index in [9.17, 15) is 14.4 Å². The number of H-pyrrole nitrogens is 1. The van der Waals surface area contributed by atoms with E-state index in [0.29, 0.717) is 19.1 Å².